The summed E-state index contributed by atoms with van der Waals surface area (Å²) in [6, 6.07) is 7.67. The Balaban J connectivity index is 2.77. The lowest BCUT2D eigenvalue weighted by Crippen LogP contribution is -2.16. The van der Waals surface area contributed by atoms with Gasteiger partial charge in [-0.25, -0.2) is 0 Å². The molecule has 1 rings (SSSR count). The minimum absolute atomic E-state index is 0.190. The van der Waals surface area contributed by atoms with Crippen molar-refractivity contribution in [2.24, 2.45) is 0 Å². The molecular weight excluding hydrogens is 216 g/mol. The van der Waals surface area contributed by atoms with Gasteiger partial charge in [-0.15, -0.1) is 0 Å². The first-order chi connectivity index (χ1) is 8.21. The van der Waals surface area contributed by atoms with Crippen LogP contribution < -0.4 is 10.1 Å². The van der Waals surface area contributed by atoms with E-state index in [1.54, 1.807) is 19.2 Å². The summed E-state index contributed by atoms with van der Waals surface area (Å²) in [5, 5.41) is 21.0. The molecule has 0 saturated carbocycles. The van der Waals surface area contributed by atoms with E-state index in [0.29, 0.717) is 5.56 Å². The molecule has 0 saturated heterocycles. The van der Waals surface area contributed by atoms with Gasteiger partial charge in [0.2, 0.25) is 0 Å². The maximum absolute atomic E-state index is 9.00. The summed E-state index contributed by atoms with van der Waals surface area (Å²) in [6.07, 6.45) is 1.61. The summed E-state index contributed by atoms with van der Waals surface area (Å²) in [6.45, 7) is 2.21. The second kappa shape index (κ2) is 6.77. The second-order valence-corrected chi connectivity index (χ2v) is 3.93. The van der Waals surface area contributed by atoms with Crippen molar-refractivity contribution in [3.63, 3.8) is 0 Å². The summed E-state index contributed by atoms with van der Waals surface area (Å²) in [5.74, 6) is 0.723. The molecule has 0 heterocycles. The van der Waals surface area contributed by atoms with Gasteiger partial charge in [0, 0.05) is 18.7 Å². The van der Waals surface area contributed by atoms with Gasteiger partial charge in [0.1, 0.15) is 11.8 Å². The number of nitrogens with zero attached hydrogens (tertiary/aromatic N) is 1. The van der Waals surface area contributed by atoms with Crippen LogP contribution in [-0.2, 0) is 0 Å². The van der Waals surface area contributed by atoms with E-state index in [1.165, 1.54) is 0 Å². The number of aliphatic hydroxyl groups excluding tert-OH is 1. The Morgan fingerprint density at radius 1 is 1.53 bits per heavy atom. The normalized spacial score (nSPS) is 11.6. The number of nitrogens with one attached hydrogen (secondary N) is 1. The lowest BCUT2D eigenvalue weighted by Gasteiger charge is -2.16. The third-order valence-corrected chi connectivity index (χ3v) is 2.54. The van der Waals surface area contributed by atoms with Gasteiger partial charge in [-0.1, -0.05) is 0 Å². The number of methoxy groups -OCH3 is 1. The Hall–Kier alpha value is -1.73. The smallest absolute Gasteiger partial charge is 0.121 e. The number of hydrogen-bond donors (Lipinski definition) is 2. The van der Waals surface area contributed by atoms with Crippen LogP contribution in [0, 0.1) is 11.3 Å². The fraction of sp³-hybridized carbons (Fsp3) is 0.462. The van der Waals surface area contributed by atoms with Crippen LogP contribution in [0.15, 0.2) is 18.2 Å². The first-order valence-electron chi connectivity index (χ1n) is 5.66. The van der Waals surface area contributed by atoms with Crippen LogP contribution in [0.5, 0.6) is 5.75 Å². The van der Waals surface area contributed by atoms with E-state index in [9.17, 15) is 0 Å². The molecule has 0 amide bonds. The van der Waals surface area contributed by atoms with E-state index in [0.717, 1.165) is 24.3 Å². The molecule has 0 aliphatic carbocycles. The van der Waals surface area contributed by atoms with Gasteiger partial charge >= 0.3 is 0 Å². The summed E-state index contributed by atoms with van der Waals surface area (Å²) in [4.78, 5) is 0. The molecule has 0 spiro atoms. The number of hydrogen-bond acceptors (Lipinski definition) is 4. The van der Waals surface area contributed by atoms with Crippen molar-refractivity contribution in [3.8, 4) is 11.8 Å². The minimum Gasteiger partial charge on any atom is -0.497 e. The van der Waals surface area contributed by atoms with Crippen LogP contribution in [0.2, 0.25) is 0 Å². The van der Waals surface area contributed by atoms with Crippen molar-refractivity contribution < 1.29 is 9.84 Å². The third-order valence-electron chi connectivity index (χ3n) is 2.54. The lowest BCUT2D eigenvalue weighted by atomic mass is 10.1. The summed E-state index contributed by atoms with van der Waals surface area (Å²) >= 11 is 0. The standard InChI is InChI=1S/C13H18N2O2/c1-10(4-3-7-16)15-13-8-12(17-2)6-5-11(13)9-14/h5-6,8,10,15-16H,3-4,7H2,1-2H3. The van der Waals surface area contributed by atoms with E-state index in [-0.39, 0.29) is 12.6 Å². The molecule has 0 bridgehead atoms. The maximum atomic E-state index is 9.00. The summed E-state index contributed by atoms with van der Waals surface area (Å²) in [5.41, 5.74) is 1.37. The van der Waals surface area contributed by atoms with Crippen LogP contribution in [0.3, 0.4) is 0 Å². The second-order valence-electron chi connectivity index (χ2n) is 3.93. The average molecular weight is 234 g/mol. The van der Waals surface area contributed by atoms with E-state index < -0.39 is 0 Å². The van der Waals surface area contributed by atoms with Crippen LogP contribution >= 0.6 is 0 Å². The molecular formula is C13H18N2O2. The molecule has 0 aliphatic heterocycles. The molecule has 1 unspecified atom stereocenters. The van der Waals surface area contributed by atoms with Crippen LogP contribution in [0.4, 0.5) is 5.69 Å². The first-order valence-corrected chi connectivity index (χ1v) is 5.66. The number of benzene rings is 1. The molecule has 17 heavy (non-hydrogen) atoms. The highest BCUT2D eigenvalue weighted by molar-refractivity contribution is 5.60. The molecule has 1 aromatic rings. The maximum Gasteiger partial charge on any atom is 0.121 e. The summed E-state index contributed by atoms with van der Waals surface area (Å²) in [7, 11) is 1.60. The van der Waals surface area contributed by atoms with Crippen molar-refractivity contribution in [1.82, 2.24) is 0 Å². The predicted octanol–water partition coefficient (Wildman–Crippen LogP) is 2.14. The van der Waals surface area contributed by atoms with Gasteiger partial charge in [0.15, 0.2) is 0 Å². The highest BCUT2D eigenvalue weighted by Gasteiger charge is 2.07. The highest BCUT2D eigenvalue weighted by Crippen LogP contribution is 2.23. The Bertz CT molecular complexity index is 399. The highest BCUT2D eigenvalue weighted by atomic mass is 16.5. The number of nitriles is 1. The molecule has 0 radical (unpaired) electrons. The van der Waals surface area contributed by atoms with Crippen molar-refractivity contribution in [3.05, 3.63) is 23.8 Å². The average Bonchev–Trinajstić information content (AvgIpc) is 2.36. The topological polar surface area (TPSA) is 65.3 Å². The quantitative estimate of drug-likeness (QED) is 0.791. The number of rotatable bonds is 6. The van der Waals surface area contributed by atoms with Gasteiger partial charge in [-0.3, -0.25) is 0 Å². The zero-order chi connectivity index (χ0) is 12.7. The summed E-state index contributed by atoms with van der Waals surface area (Å²) < 4.78 is 5.13. The van der Waals surface area contributed by atoms with Crippen molar-refractivity contribution in [2.45, 2.75) is 25.8 Å². The molecule has 4 nitrogen and oxygen atoms in total. The third kappa shape index (κ3) is 3.97. The molecule has 2 N–H and O–H groups in total. The molecule has 0 aliphatic rings. The molecule has 4 heteroatoms. The zero-order valence-corrected chi connectivity index (χ0v) is 10.2. The fourth-order valence-electron chi connectivity index (χ4n) is 1.60. The van der Waals surface area contributed by atoms with Crippen molar-refractivity contribution in [2.75, 3.05) is 19.0 Å². The number of aliphatic hydroxyl groups is 1. The number of anilines is 1. The molecule has 0 aromatic heterocycles. The van der Waals surface area contributed by atoms with Crippen LogP contribution in [0.1, 0.15) is 25.3 Å². The molecule has 0 fully saturated rings. The van der Waals surface area contributed by atoms with Gasteiger partial charge < -0.3 is 15.2 Å². The van der Waals surface area contributed by atoms with Crippen molar-refractivity contribution in [1.29, 1.82) is 5.26 Å². The van der Waals surface area contributed by atoms with Gasteiger partial charge in [-0.05, 0) is 31.9 Å². The van der Waals surface area contributed by atoms with E-state index in [1.807, 2.05) is 13.0 Å². The molecule has 1 aromatic carbocycles. The lowest BCUT2D eigenvalue weighted by molar-refractivity contribution is 0.282. The minimum atomic E-state index is 0.190. The monoisotopic (exact) mass is 234 g/mol. The fourth-order valence-corrected chi connectivity index (χ4v) is 1.60. The zero-order valence-electron chi connectivity index (χ0n) is 10.2. The van der Waals surface area contributed by atoms with Crippen LogP contribution in [-0.4, -0.2) is 24.9 Å². The van der Waals surface area contributed by atoms with Gasteiger partial charge in [-0.2, -0.15) is 5.26 Å². The SMILES string of the molecule is COc1ccc(C#N)c(NC(C)CCCO)c1. The Kier molecular flexibility index (Phi) is 5.31. The Labute approximate surface area is 102 Å². The van der Waals surface area contributed by atoms with Gasteiger partial charge in [0.25, 0.3) is 0 Å². The Morgan fingerprint density at radius 3 is 2.88 bits per heavy atom. The molecule has 92 valence electrons. The van der Waals surface area contributed by atoms with Gasteiger partial charge in [0.05, 0.1) is 18.4 Å². The molecule has 1 atom stereocenters. The van der Waals surface area contributed by atoms with E-state index in [2.05, 4.69) is 11.4 Å². The predicted molar refractivity (Wildman–Crippen MR) is 67.1 cm³/mol. The van der Waals surface area contributed by atoms with E-state index >= 15 is 0 Å². The van der Waals surface area contributed by atoms with E-state index in [4.69, 9.17) is 15.1 Å². The first kappa shape index (κ1) is 13.3. The largest absolute Gasteiger partial charge is 0.497 e. The van der Waals surface area contributed by atoms with Crippen LogP contribution in [0.25, 0.3) is 0 Å². The Morgan fingerprint density at radius 2 is 2.29 bits per heavy atom. The van der Waals surface area contributed by atoms with Crippen molar-refractivity contribution >= 4 is 5.69 Å². The number of ether oxygens (including phenoxy) is 1.